The second-order valence-electron chi connectivity index (χ2n) is 4.46. The van der Waals surface area contributed by atoms with Gasteiger partial charge in [-0.2, -0.15) is 11.8 Å². The molecule has 6 heteroatoms. The van der Waals surface area contributed by atoms with Crippen LogP contribution >= 0.6 is 11.8 Å². The quantitative estimate of drug-likeness (QED) is 0.295. The zero-order valence-electron chi connectivity index (χ0n) is 13.0. The third kappa shape index (κ3) is 13.7. The molecule has 0 fully saturated rings. The van der Waals surface area contributed by atoms with Crippen LogP contribution in [0.3, 0.4) is 0 Å². The second kappa shape index (κ2) is 13.9. The van der Waals surface area contributed by atoms with Crippen molar-refractivity contribution in [1.29, 1.82) is 0 Å². The van der Waals surface area contributed by atoms with Gasteiger partial charge >= 0.3 is 11.9 Å². The van der Waals surface area contributed by atoms with E-state index in [4.69, 9.17) is 14.2 Å². The van der Waals surface area contributed by atoms with Crippen molar-refractivity contribution in [3.63, 3.8) is 0 Å². The summed E-state index contributed by atoms with van der Waals surface area (Å²) in [6, 6.07) is 0. The molecule has 0 bridgehead atoms. The third-order valence-electron chi connectivity index (χ3n) is 2.39. The summed E-state index contributed by atoms with van der Waals surface area (Å²) in [6.07, 6.45) is 3.62. The highest BCUT2D eigenvalue weighted by Crippen LogP contribution is 2.09. The first-order chi connectivity index (χ1) is 10.1. The van der Waals surface area contributed by atoms with Crippen LogP contribution in [0.15, 0.2) is 12.7 Å². The van der Waals surface area contributed by atoms with Gasteiger partial charge in [0.2, 0.25) is 0 Å². The van der Waals surface area contributed by atoms with E-state index in [0.717, 1.165) is 12.8 Å². The Morgan fingerprint density at radius 2 is 2.14 bits per heavy atom. The lowest BCUT2D eigenvalue weighted by Crippen LogP contribution is -2.25. The average molecular weight is 318 g/mol. The molecule has 0 heterocycles. The summed E-state index contributed by atoms with van der Waals surface area (Å²) in [7, 11) is 0. The van der Waals surface area contributed by atoms with Crippen molar-refractivity contribution in [2.24, 2.45) is 0 Å². The lowest BCUT2D eigenvalue weighted by Gasteiger charge is -2.16. The molecular weight excluding hydrogens is 292 g/mol. The van der Waals surface area contributed by atoms with Crippen LogP contribution in [0, 0.1) is 0 Å². The normalized spacial score (nSPS) is 11.7. The monoisotopic (exact) mass is 318 g/mol. The van der Waals surface area contributed by atoms with E-state index in [1.165, 1.54) is 6.92 Å². The molecule has 0 aromatic rings. The lowest BCUT2D eigenvalue weighted by molar-refractivity contribution is -0.148. The van der Waals surface area contributed by atoms with Crippen molar-refractivity contribution in [2.45, 2.75) is 39.2 Å². The van der Waals surface area contributed by atoms with Gasteiger partial charge in [0.25, 0.3) is 0 Å². The van der Waals surface area contributed by atoms with Gasteiger partial charge in [0.05, 0.1) is 26.2 Å². The highest BCUT2D eigenvalue weighted by Gasteiger charge is 2.13. The van der Waals surface area contributed by atoms with Crippen molar-refractivity contribution in [3.05, 3.63) is 12.7 Å². The van der Waals surface area contributed by atoms with Gasteiger partial charge in [-0.15, -0.1) is 6.58 Å². The molecule has 0 spiro atoms. The Morgan fingerprint density at radius 1 is 1.38 bits per heavy atom. The number of ether oxygens (including phenoxy) is 3. The molecule has 5 nitrogen and oxygen atoms in total. The van der Waals surface area contributed by atoms with Gasteiger partial charge in [0.15, 0.2) is 0 Å². The Morgan fingerprint density at radius 3 is 2.76 bits per heavy atom. The largest absolute Gasteiger partial charge is 0.466 e. The standard InChI is InChI=1S/C15H26O5S/c1-4-6-9-19-15(17)7-10-21-12-14(20-13(3)16)11-18-8-5-2/h5,14H,2,4,6-12H2,1,3H3. The number of rotatable bonds is 13. The minimum absolute atomic E-state index is 0.178. The maximum atomic E-state index is 11.4. The molecule has 0 aliphatic heterocycles. The fraction of sp³-hybridized carbons (Fsp3) is 0.733. The third-order valence-corrected chi connectivity index (χ3v) is 3.49. The molecule has 0 amide bonds. The van der Waals surface area contributed by atoms with Crippen LogP contribution in [0.1, 0.15) is 33.1 Å². The van der Waals surface area contributed by atoms with E-state index < -0.39 is 0 Å². The minimum atomic E-state index is -0.332. The first-order valence-electron chi connectivity index (χ1n) is 7.19. The molecule has 0 N–H and O–H groups in total. The number of carbonyl (C=O) groups excluding carboxylic acids is 2. The highest BCUT2D eigenvalue weighted by atomic mass is 32.2. The summed E-state index contributed by atoms with van der Waals surface area (Å²) in [4.78, 5) is 22.4. The van der Waals surface area contributed by atoms with Gasteiger partial charge in [0, 0.05) is 18.4 Å². The van der Waals surface area contributed by atoms with Crippen LogP contribution in [-0.4, -0.2) is 49.4 Å². The summed E-state index contributed by atoms with van der Waals surface area (Å²) in [6.45, 7) is 8.22. The van der Waals surface area contributed by atoms with Crippen molar-refractivity contribution >= 4 is 23.7 Å². The first kappa shape index (κ1) is 20.0. The van der Waals surface area contributed by atoms with E-state index >= 15 is 0 Å². The number of hydrogen-bond donors (Lipinski definition) is 0. The van der Waals surface area contributed by atoms with E-state index in [1.807, 2.05) is 6.92 Å². The Balaban J connectivity index is 3.77. The van der Waals surface area contributed by atoms with Crippen LogP contribution in [0.4, 0.5) is 0 Å². The molecule has 0 aliphatic rings. The Kier molecular flexibility index (Phi) is 13.3. The molecule has 0 rings (SSSR count). The molecule has 0 saturated carbocycles. The first-order valence-corrected chi connectivity index (χ1v) is 8.34. The van der Waals surface area contributed by atoms with Crippen molar-refractivity contribution in [3.8, 4) is 0 Å². The fourth-order valence-electron chi connectivity index (χ4n) is 1.41. The van der Waals surface area contributed by atoms with E-state index in [-0.39, 0.29) is 18.0 Å². The number of esters is 2. The average Bonchev–Trinajstić information content (AvgIpc) is 2.43. The molecule has 1 atom stereocenters. The molecule has 21 heavy (non-hydrogen) atoms. The molecular formula is C15H26O5S. The summed E-state index contributed by atoms with van der Waals surface area (Å²) in [5.74, 6) is 0.730. The molecule has 0 aliphatic carbocycles. The van der Waals surface area contributed by atoms with E-state index in [9.17, 15) is 9.59 Å². The van der Waals surface area contributed by atoms with Crippen molar-refractivity contribution < 1.29 is 23.8 Å². The van der Waals surface area contributed by atoms with E-state index in [0.29, 0.717) is 37.7 Å². The van der Waals surface area contributed by atoms with Crippen LogP contribution in [0.5, 0.6) is 0 Å². The molecule has 0 saturated heterocycles. The Labute approximate surface area is 131 Å². The Bertz CT molecular complexity index is 306. The van der Waals surface area contributed by atoms with Gasteiger partial charge < -0.3 is 14.2 Å². The van der Waals surface area contributed by atoms with E-state index in [1.54, 1.807) is 17.8 Å². The molecule has 0 aromatic heterocycles. The topological polar surface area (TPSA) is 61.8 Å². The summed E-state index contributed by atoms with van der Waals surface area (Å²) in [5, 5.41) is 0. The molecule has 122 valence electrons. The summed E-state index contributed by atoms with van der Waals surface area (Å²) < 4.78 is 15.5. The second-order valence-corrected chi connectivity index (χ2v) is 5.61. The van der Waals surface area contributed by atoms with Crippen LogP contribution in [0.25, 0.3) is 0 Å². The summed E-state index contributed by atoms with van der Waals surface area (Å²) in [5.41, 5.74) is 0. The smallest absolute Gasteiger partial charge is 0.306 e. The summed E-state index contributed by atoms with van der Waals surface area (Å²) >= 11 is 1.55. The van der Waals surface area contributed by atoms with Gasteiger partial charge in [-0.1, -0.05) is 19.4 Å². The predicted octanol–water partition coefficient (Wildman–Crippen LogP) is 2.59. The van der Waals surface area contributed by atoms with Gasteiger partial charge in [-0.05, 0) is 6.42 Å². The zero-order chi connectivity index (χ0) is 15.9. The fourth-order valence-corrected chi connectivity index (χ4v) is 2.31. The molecule has 1 unspecified atom stereocenters. The van der Waals surface area contributed by atoms with Crippen LogP contribution < -0.4 is 0 Å². The van der Waals surface area contributed by atoms with Crippen molar-refractivity contribution in [2.75, 3.05) is 31.3 Å². The van der Waals surface area contributed by atoms with Crippen LogP contribution in [0.2, 0.25) is 0 Å². The minimum Gasteiger partial charge on any atom is -0.466 e. The SMILES string of the molecule is C=CCOCC(CSCCC(=O)OCCCC)OC(C)=O. The number of carbonyl (C=O) groups is 2. The molecule has 0 radical (unpaired) electrons. The maximum absolute atomic E-state index is 11.4. The van der Waals surface area contributed by atoms with Gasteiger partial charge in [0.1, 0.15) is 6.10 Å². The van der Waals surface area contributed by atoms with Crippen molar-refractivity contribution in [1.82, 2.24) is 0 Å². The number of unbranched alkanes of at least 4 members (excludes halogenated alkanes) is 1. The predicted molar refractivity (Wildman–Crippen MR) is 84.4 cm³/mol. The number of hydrogen-bond acceptors (Lipinski definition) is 6. The van der Waals surface area contributed by atoms with Crippen LogP contribution in [-0.2, 0) is 23.8 Å². The van der Waals surface area contributed by atoms with Gasteiger partial charge in [-0.25, -0.2) is 0 Å². The Hall–Kier alpha value is -1.01. The maximum Gasteiger partial charge on any atom is 0.306 e. The zero-order valence-corrected chi connectivity index (χ0v) is 13.8. The lowest BCUT2D eigenvalue weighted by atomic mass is 10.4. The van der Waals surface area contributed by atoms with E-state index in [2.05, 4.69) is 6.58 Å². The highest BCUT2D eigenvalue weighted by molar-refractivity contribution is 7.99. The number of thioether (sulfide) groups is 1. The molecule has 0 aromatic carbocycles. The van der Waals surface area contributed by atoms with Gasteiger partial charge in [-0.3, -0.25) is 9.59 Å².